The maximum atomic E-state index is 9.24. The smallest absolute Gasteiger partial charge is 0.191 e. The second-order valence-electron chi connectivity index (χ2n) is 4.57. The first-order valence-electron chi connectivity index (χ1n) is 6.69. The van der Waals surface area contributed by atoms with Gasteiger partial charge >= 0.3 is 0 Å². The Hall–Kier alpha value is -3.00. The van der Waals surface area contributed by atoms with Gasteiger partial charge in [-0.3, -0.25) is 4.98 Å². The summed E-state index contributed by atoms with van der Waals surface area (Å²) in [5.41, 5.74) is 3.90. The van der Waals surface area contributed by atoms with Crippen LogP contribution in [-0.4, -0.2) is 20.0 Å². The van der Waals surface area contributed by atoms with E-state index in [1.54, 1.807) is 17.1 Å². The molecule has 3 aromatic rings. The second-order valence-corrected chi connectivity index (χ2v) is 4.57. The maximum Gasteiger partial charge on any atom is 0.191 e. The highest BCUT2D eigenvalue weighted by molar-refractivity contribution is 5.66. The van der Waals surface area contributed by atoms with Crippen LogP contribution in [0.25, 0.3) is 16.9 Å². The van der Waals surface area contributed by atoms with E-state index >= 15 is 0 Å². The molecule has 0 saturated carbocycles. The van der Waals surface area contributed by atoms with Gasteiger partial charge < -0.3 is 0 Å². The number of nitriles is 1. The van der Waals surface area contributed by atoms with Gasteiger partial charge in [-0.2, -0.15) is 5.26 Å². The number of pyridine rings is 1. The Morgan fingerprint density at radius 3 is 2.62 bits per heavy atom. The number of nitrogens with zero attached hydrogens (tertiary/aromatic N) is 5. The Bertz CT molecular complexity index is 782. The zero-order valence-electron chi connectivity index (χ0n) is 11.6. The molecule has 0 radical (unpaired) electrons. The Kier molecular flexibility index (Phi) is 3.44. The van der Waals surface area contributed by atoms with Gasteiger partial charge in [-0.05, 0) is 36.2 Å². The van der Waals surface area contributed by atoms with Gasteiger partial charge in [0.15, 0.2) is 5.69 Å². The number of rotatable bonds is 3. The lowest BCUT2D eigenvalue weighted by molar-refractivity contribution is 0.806. The molecule has 0 unspecified atom stereocenters. The van der Waals surface area contributed by atoms with Crippen molar-refractivity contribution >= 4 is 0 Å². The number of aryl methyl sites for hydroxylation is 1. The Morgan fingerprint density at radius 1 is 1.19 bits per heavy atom. The molecule has 2 aromatic heterocycles. The molecule has 0 aliphatic carbocycles. The molecule has 0 amide bonds. The van der Waals surface area contributed by atoms with E-state index in [1.165, 1.54) is 5.56 Å². The Labute approximate surface area is 122 Å². The van der Waals surface area contributed by atoms with E-state index in [2.05, 4.69) is 40.4 Å². The summed E-state index contributed by atoms with van der Waals surface area (Å²) in [6.07, 6.45) is 4.38. The summed E-state index contributed by atoms with van der Waals surface area (Å²) in [6.45, 7) is 2.11. The van der Waals surface area contributed by atoms with Gasteiger partial charge in [-0.25, -0.2) is 4.68 Å². The highest BCUT2D eigenvalue weighted by Crippen LogP contribution is 2.24. The molecule has 0 bridgehead atoms. The fourth-order valence-electron chi connectivity index (χ4n) is 2.17. The average molecular weight is 275 g/mol. The minimum Gasteiger partial charge on any atom is -0.264 e. The zero-order valence-corrected chi connectivity index (χ0v) is 11.6. The third-order valence-electron chi connectivity index (χ3n) is 3.30. The summed E-state index contributed by atoms with van der Waals surface area (Å²) < 4.78 is 1.68. The van der Waals surface area contributed by atoms with E-state index in [-0.39, 0.29) is 0 Å². The molecule has 1 aromatic carbocycles. The molecule has 2 heterocycles. The van der Waals surface area contributed by atoms with E-state index < -0.39 is 0 Å². The molecule has 0 fully saturated rings. The summed E-state index contributed by atoms with van der Waals surface area (Å²) in [5.74, 6) is 0. The molecular formula is C16H13N5. The van der Waals surface area contributed by atoms with E-state index in [1.807, 2.05) is 24.3 Å². The number of benzene rings is 1. The van der Waals surface area contributed by atoms with Crippen LogP contribution in [0.4, 0.5) is 0 Å². The second kappa shape index (κ2) is 5.55. The molecule has 3 rings (SSSR count). The molecular weight excluding hydrogens is 262 g/mol. The third kappa shape index (κ3) is 2.39. The van der Waals surface area contributed by atoms with Crippen molar-refractivity contribution < 1.29 is 0 Å². The van der Waals surface area contributed by atoms with Gasteiger partial charge in [-0.1, -0.05) is 24.3 Å². The van der Waals surface area contributed by atoms with Gasteiger partial charge in [0, 0.05) is 18.0 Å². The Balaban J connectivity index is 2.15. The van der Waals surface area contributed by atoms with E-state index in [0.29, 0.717) is 11.4 Å². The molecule has 0 aliphatic rings. The van der Waals surface area contributed by atoms with Crippen LogP contribution in [0, 0.1) is 11.3 Å². The first-order chi connectivity index (χ1) is 10.3. The van der Waals surface area contributed by atoms with Gasteiger partial charge in [0.2, 0.25) is 0 Å². The van der Waals surface area contributed by atoms with E-state index in [0.717, 1.165) is 17.7 Å². The van der Waals surface area contributed by atoms with Crippen LogP contribution >= 0.6 is 0 Å². The van der Waals surface area contributed by atoms with Gasteiger partial charge in [0.25, 0.3) is 0 Å². The normalized spacial score (nSPS) is 10.3. The number of aromatic nitrogens is 4. The van der Waals surface area contributed by atoms with E-state index in [9.17, 15) is 5.26 Å². The van der Waals surface area contributed by atoms with Gasteiger partial charge in [0.05, 0.1) is 5.69 Å². The van der Waals surface area contributed by atoms with Crippen molar-refractivity contribution in [3.05, 3.63) is 60.0 Å². The van der Waals surface area contributed by atoms with Crippen LogP contribution in [0.15, 0.2) is 48.8 Å². The molecule has 0 saturated heterocycles. The predicted molar refractivity (Wildman–Crippen MR) is 78.7 cm³/mol. The highest BCUT2D eigenvalue weighted by Gasteiger charge is 2.16. The van der Waals surface area contributed by atoms with Crippen molar-refractivity contribution in [2.45, 2.75) is 13.3 Å². The van der Waals surface area contributed by atoms with Crippen LogP contribution in [0.2, 0.25) is 0 Å². The van der Waals surface area contributed by atoms with Crippen LogP contribution in [0.1, 0.15) is 18.2 Å². The van der Waals surface area contributed by atoms with Crippen molar-refractivity contribution in [3.63, 3.8) is 0 Å². The van der Waals surface area contributed by atoms with Gasteiger partial charge in [-0.15, -0.1) is 5.10 Å². The summed E-state index contributed by atoms with van der Waals surface area (Å²) in [4.78, 5) is 4.10. The molecule has 5 nitrogen and oxygen atoms in total. The topological polar surface area (TPSA) is 67.4 Å². The molecule has 0 aliphatic heterocycles. The minimum atomic E-state index is 0.294. The zero-order chi connectivity index (χ0) is 14.7. The van der Waals surface area contributed by atoms with Crippen molar-refractivity contribution in [1.29, 1.82) is 5.26 Å². The number of hydrogen-bond donors (Lipinski definition) is 0. The van der Waals surface area contributed by atoms with Crippen LogP contribution in [-0.2, 0) is 6.42 Å². The molecule has 0 spiro atoms. The average Bonchev–Trinajstić information content (AvgIpc) is 2.99. The quantitative estimate of drug-likeness (QED) is 0.737. The molecule has 21 heavy (non-hydrogen) atoms. The monoisotopic (exact) mass is 275 g/mol. The largest absolute Gasteiger partial charge is 0.264 e. The van der Waals surface area contributed by atoms with Crippen LogP contribution in [0.3, 0.4) is 0 Å². The van der Waals surface area contributed by atoms with Crippen molar-refractivity contribution in [3.8, 4) is 23.0 Å². The van der Waals surface area contributed by atoms with Crippen molar-refractivity contribution in [2.75, 3.05) is 0 Å². The van der Waals surface area contributed by atoms with Crippen molar-refractivity contribution in [1.82, 2.24) is 20.0 Å². The SMILES string of the molecule is CCc1ccc(-n2nnc(C#N)c2-c2cccnc2)cc1. The maximum absolute atomic E-state index is 9.24. The first kappa shape index (κ1) is 13.0. The predicted octanol–water partition coefficient (Wildman–Crippen LogP) is 2.76. The number of hydrogen-bond acceptors (Lipinski definition) is 4. The lowest BCUT2D eigenvalue weighted by Crippen LogP contribution is -2.00. The standard InChI is InChI=1S/C16H13N5/c1-2-12-5-7-14(8-6-12)21-16(15(10-17)19-20-21)13-4-3-9-18-11-13/h3-9,11H,2H2,1H3. The summed E-state index contributed by atoms with van der Waals surface area (Å²) in [7, 11) is 0. The molecule has 0 N–H and O–H groups in total. The van der Waals surface area contributed by atoms with E-state index in [4.69, 9.17) is 0 Å². The third-order valence-corrected chi connectivity index (χ3v) is 3.30. The first-order valence-corrected chi connectivity index (χ1v) is 6.69. The Morgan fingerprint density at radius 2 is 2.00 bits per heavy atom. The van der Waals surface area contributed by atoms with Gasteiger partial charge in [0.1, 0.15) is 11.8 Å². The molecule has 0 atom stereocenters. The minimum absolute atomic E-state index is 0.294. The fraction of sp³-hybridized carbons (Fsp3) is 0.125. The summed E-state index contributed by atoms with van der Waals surface area (Å²) >= 11 is 0. The lowest BCUT2D eigenvalue weighted by atomic mass is 10.1. The van der Waals surface area contributed by atoms with Crippen molar-refractivity contribution in [2.24, 2.45) is 0 Å². The molecule has 102 valence electrons. The van der Waals surface area contributed by atoms with Crippen LogP contribution < -0.4 is 0 Å². The summed E-state index contributed by atoms with van der Waals surface area (Å²) in [5, 5.41) is 17.3. The summed E-state index contributed by atoms with van der Waals surface area (Å²) in [6, 6.07) is 13.9. The molecule has 5 heteroatoms. The lowest BCUT2D eigenvalue weighted by Gasteiger charge is -2.07. The van der Waals surface area contributed by atoms with Crippen LogP contribution in [0.5, 0.6) is 0 Å². The highest BCUT2D eigenvalue weighted by atomic mass is 15.4. The fourth-order valence-corrected chi connectivity index (χ4v) is 2.17.